The molecule has 0 aromatic heterocycles. The summed E-state index contributed by atoms with van der Waals surface area (Å²) in [6.07, 6.45) is 0. The van der Waals surface area contributed by atoms with Gasteiger partial charge in [0.05, 0.1) is 7.11 Å². The molecule has 0 N–H and O–H groups in total. The minimum absolute atomic E-state index is 0.871. The molecule has 0 fully saturated rings. The minimum Gasteiger partial charge on any atom is -0.496 e. The highest BCUT2D eigenvalue weighted by Gasteiger charge is 2.04. The largest absolute Gasteiger partial charge is 0.496 e. The highest BCUT2D eigenvalue weighted by atomic mass is 16.5. The lowest BCUT2D eigenvalue weighted by Crippen LogP contribution is -1.92. The Labute approximate surface area is 85.7 Å². The topological polar surface area (TPSA) is 9.23 Å². The van der Waals surface area contributed by atoms with Crippen molar-refractivity contribution < 1.29 is 4.74 Å². The zero-order valence-corrected chi connectivity index (χ0v) is 9.00. The van der Waals surface area contributed by atoms with Crippen LogP contribution in [0.3, 0.4) is 0 Å². The van der Waals surface area contributed by atoms with Crippen LogP contribution < -0.4 is 0 Å². The lowest BCUT2D eigenvalue weighted by atomic mass is 10.0. The molecule has 0 aliphatic carbocycles. The van der Waals surface area contributed by atoms with Gasteiger partial charge in [-0.2, -0.15) is 0 Å². The fourth-order valence-corrected chi connectivity index (χ4v) is 1.47. The quantitative estimate of drug-likeness (QED) is 0.519. The van der Waals surface area contributed by atoms with Crippen LogP contribution in [0, 0.1) is 0 Å². The zero-order valence-electron chi connectivity index (χ0n) is 9.00. The molecule has 1 aromatic carbocycles. The molecule has 0 saturated carbocycles. The average molecular weight is 188 g/mol. The molecule has 1 nitrogen and oxygen atoms in total. The molecule has 0 unspecified atom stereocenters. The summed E-state index contributed by atoms with van der Waals surface area (Å²) in [5.41, 5.74) is 3.25. The second-order valence-corrected chi connectivity index (χ2v) is 3.30. The van der Waals surface area contributed by atoms with Crippen LogP contribution in [0.5, 0.6) is 0 Å². The summed E-state index contributed by atoms with van der Waals surface area (Å²) in [5, 5.41) is 0. The van der Waals surface area contributed by atoms with E-state index >= 15 is 0 Å². The van der Waals surface area contributed by atoms with E-state index in [0.717, 1.165) is 16.9 Å². The smallest absolute Gasteiger partial charge is 0.124 e. The second kappa shape index (κ2) is 4.66. The average Bonchev–Trinajstić information content (AvgIpc) is 2.19. The third-order valence-corrected chi connectivity index (χ3v) is 2.14. The van der Waals surface area contributed by atoms with Crippen molar-refractivity contribution >= 4 is 5.57 Å². The van der Waals surface area contributed by atoms with Gasteiger partial charge in [0.15, 0.2) is 0 Å². The molecule has 0 bridgehead atoms. The van der Waals surface area contributed by atoms with Crippen LogP contribution in [0.25, 0.3) is 5.57 Å². The first-order valence-electron chi connectivity index (χ1n) is 4.63. The van der Waals surface area contributed by atoms with Gasteiger partial charge in [-0.25, -0.2) is 0 Å². The maximum Gasteiger partial charge on any atom is 0.124 e. The summed E-state index contributed by atoms with van der Waals surface area (Å²) in [7, 11) is 1.68. The number of ether oxygens (including phenoxy) is 1. The number of methoxy groups -OCH3 is 1. The lowest BCUT2D eigenvalue weighted by Gasteiger charge is -2.10. The molecule has 0 aliphatic rings. The monoisotopic (exact) mass is 188 g/mol. The summed E-state index contributed by atoms with van der Waals surface area (Å²) in [4.78, 5) is 0. The van der Waals surface area contributed by atoms with Crippen molar-refractivity contribution in [3.8, 4) is 0 Å². The van der Waals surface area contributed by atoms with Gasteiger partial charge in [0.2, 0.25) is 0 Å². The molecule has 1 rings (SSSR count). The van der Waals surface area contributed by atoms with Crippen molar-refractivity contribution in [3.05, 3.63) is 53.8 Å². The van der Waals surface area contributed by atoms with Gasteiger partial charge in [-0.05, 0) is 30.6 Å². The van der Waals surface area contributed by atoms with Crippen LogP contribution in [0.1, 0.15) is 19.4 Å². The molecule has 0 atom stereocenters. The minimum atomic E-state index is 0.871. The van der Waals surface area contributed by atoms with Gasteiger partial charge in [-0.3, -0.25) is 0 Å². The van der Waals surface area contributed by atoms with Crippen molar-refractivity contribution in [2.24, 2.45) is 0 Å². The molecule has 0 aliphatic heterocycles. The molecular weight excluding hydrogens is 172 g/mol. The molecule has 0 amide bonds. The Morgan fingerprint density at radius 3 is 2.14 bits per heavy atom. The van der Waals surface area contributed by atoms with E-state index in [1.807, 2.05) is 32.0 Å². The first-order valence-corrected chi connectivity index (χ1v) is 4.63. The first-order chi connectivity index (χ1) is 6.66. The first kappa shape index (κ1) is 10.6. The van der Waals surface area contributed by atoms with Crippen LogP contribution in [-0.2, 0) is 4.74 Å². The summed E-state index contributed by atoms with van der Waals surface area (Å²) >= 11 is 0. The van der Waals surface area contributed by atoms with Crippen LogP contribution in [-0.4, -0.2) is 7.11 Å². The molecule has 0 saturated heterocycles. The zero-order chi connectivity index (χ0) is 10.6. The fraction of sp³-hybridized carbons (Fsp3) is 0.231. The van der Waals surface area contributed by atoms with E-state index < -0.39 is 0 Å². The summed E-state index contributed by atoms with van der Waals surface area (Å²) in [6.45, 7) is 7.88. The van der Waals surface area contributed by atoms with E-state index in [1.165, 1.54) is 5.56 Å². The van der Waals surface area contributed by atoms with Gasteiger partial charge in [0.1, 0.15) is 5.76 Å². The highest BCUT2D eigenvalue weighted by molar-refractivity contribution is 5.68. The molecule has 14 heavy (non-hydrogen) atoms. The Balaban J connectivity index is 3.15. The Morgan fingerprint density at radius 1 is 1.14 bits per heavy atom. The van der Waals surface area contributed by atoms with E-state index in [9.17, 15) is 0 Å². The van der Waals surface area contributed by atoms with E-state index in [-0.39, 0.29) is 0 Å². The molecule has 0 radical (unpaired) electrons. The maximum atomic E-state index is 5.31. The standard InChI is InChI=1S/C13H16O/c1-10(2)13(14-4)11(3)12-8-6-5-7-9-12/h5-9H,1H2,2-4H3/b13-11+. The molecular formula is C13H16O. The number of hydrogen-bond donors (Lipinski definition) is 0. The molecule has 0 heterocycles. The fourth-order valence-electron chi connectivity index (χ4n) is 1.47. The van der Waals surface area contributed by atoms with Crippen molar-refractivity contribution in [1.29, 1.82) is 0 Å². The summed E-state index contributed by atoms with van der Waals surface area (Å²) in [6, 6.07) is 10.2. The molecule has 0 spiro atoms. The van der Waals surface area contributed by atoms with E-state index in [0.29, 0.717) is 0 Å². The molecule has 1 heteroatoms. The summed E-state index contributed by atoms with van der Waals surface area (Å²) < 4.78 is 5.31. The van der Waals surface area contributed by atoms with Gasteiger partial charge < -0.3 is 4.74 Å². The Morgan fingerprint density at radius 2 is 1.71 bits per heavy atom. The van der Waals surface area contributed by atoms with Crippen molar-refractivity contribution in [1.82, 2.24) is 0 Å². The number of hydrogen-bond acceptors (Lipinski definition) is 1. The SMILES string of the molecule is C=C(C)/C(OC)=C(/C)c1ccccc1. The van der Waals surface area contributed by atoms with Gasteiger partial charge in [0.25, 0.3) is 0 Å². The third kappa shape index (κ3) is 2.25. The predicted octanol–water partition coefficient (Wildman–Crippen LogP) is 3.64. The molecule has 1 aromatic rings. The number of rotatable bonds is 3. The Kier molecular flexibility index (Phi) is 3.52. The molecule has 74 valence electrons. The lowest BCUT2D eigenvalue weighted by molar-refractivity contribution is 0.303. The van der Waals surface area contributed by atoms with Gasteiger partial charge in [-0.15, -0.1) is 0 Å². The Hall–Kier alpha value is -1.50. The van der Waals surface area contributed by atoms with Crippen LogP contribution in [0.4, 0.5) is 0 Å². The predicted molar refractivity (Wildman–Crippen MR) is 60.9 cm³/mol. The van der Waals surface area contributed by atoms with Crippen molar-refractivity contribution in [2.45, 2.75) is 13.8 Å². The van der Waals surface area contributed by atoms with Crippen LogP contribution >= 0.6 is 0 Å². The summed E-state index contributed by atoms with van der Waals surface area (Å²) in [5.74, 6) is 0.871. The van der Waals surface area contributed by atoms with Crippen LogP contribution in [0.2, 0.25) is 0 Å². The van der Waals surface area contributed by atoms with Gasteiger partial charge in [-0.1, -0.05) is 36.9 Å². The number of allylic oxidation sites excluding steroid dienone is 2. The highest BCUT2D eigenvalue weighted by Crippen LogP contribution is 2.22. The van der Waals surface area contributed by atoms with Gasteiger partial charge >= 0.3 is 0 Å². The maximum absolute atomic E-state index is 5.31. The Bertz CT molecular complexity index is 347. The van der Waals surface area contributed by atoms with E-state index in [1.54, 1.807) is 7.11 Å². The number of benzene rings is 1. The normalized spacial score (nSPS) is 11.9. The van der Waals surface area contributed by atoms with Crippen LogP contribution in [0.15, 0.2) is 48.2 Å². The third-order valence-electron chi connectivity index (χ3n) is 2.14. The van der Waals surface area contributed by atoms with Crippen molar-refractivity contribution in [3.63, 3.8) is 0 Å². The van der Waals surface area contributed by atoms with E-state index in [2.05, 4.69) is 18.7 Å². The van der Waals surface area contributed by atoms with E-state index in [4.69, 9.17) is 4.74 Å². The second-order valence-electron chi connectivity index (χ2n) is 3.30. The van der Waals surface area contributed by atoms with Gasteiger partial charge in [0, 0.05) is 0 Å². The van der Waals surface area contributed by atoms with Crippen molar-refractivity contribution in [2.75, 3.05) is 7.11 Å².